The minimum Gasteiger partial charge on any atom is -0.494 e. The van der Waals surface area contributed by atoms with Gasteiger partial charge in [-0.25, -0.2) is 8.78 Å². The molecule has 0 saturated carbocycles. The second-order valence-electron chi connectivity index (χ2n) is 3.19. The van der Waals surface area contributed by atoms with Crippen molar-refractivity contribution in [3.05, 3.63) is 29.3 Å². The van der Waals surface area contributed by atoms with Crippen molar-refractivity contribution in [2.75, 3.05) is 13.2 Å². The van der Waals surface area contributed by atoms with Crippen LogP contribution in [0.15, 0.2) is 12.1 Å². The van der Waals surface area contributed by atoms with Crippen LogP contribution in [0.5, 0.6) is 5.75 Å². The van der Waals surface area contributed by atoms with Gasteiger partial charge < -0.3 is 10.5 Å². The van der Waals surface area contributed by atoms with E-state index in [1.54, 1.807) is 6.92 Å². The van der Waals surface area contributed by atoms with Gasteiger partial charge in [0.2, 0.25) is 0 Å². The van der Waals surface area contributed by atoms with E-state index in [-0.39, 0.29) is 11.3 Å². The molecule has 0 aliphatic rings. The standard InChI is InChI=1S/C11H15F2NO/c1-2-15-8-6-10(12)9(4-3-5-14)11(13)7-8/h6-7H,2-5,14H2,1H3. The Morgan fingerprint density at radius 3 is 2.33 bits per heavy atom. The molecule has 0 atom stereocenters. The van der Waals surface area contributed by atoms with Gasteiger partial charge in [0.05, 0.1) is 6.61 Å². The molecule has 0 radical (unpaired) electrons. The molecule has 2 nitrogen and oxygen atoms in total. The van der Waals surface area contributed by atoms with Crippen LogP contribution in [0.3, 0.4) is 0 Å². The molecule has 0 aliphatic carbocycles. The van der Waals surface area contributed by atoms with Gasteiger partial charge in [0.15, 0.2) is 0 Å². The SMILES string of the molecule is CCOc1cc(F)c(CCCN)c(F)c1. The molecule has 0 aromatic heterocycles. The van der Waals surface area contributed by atoms with Gasteiger partial charge in [-0.3, -0.25) is 0 Å². The summed E-state index contributed by atoms with van der Waals surface area (Å²) in [7, 11) is 0. The normalized spacial score (nSPS) is 10.4. The first-order chi connectivity index (χ1) is 7.19. The van der Waals surface area contributed by atoms with Crippen LogP contribution in [0, 0.1) is 11.6 Å². The second-order valence-corrected chi connectivity index (χ2v) is 3.19. The smallest absolute Gasteiger partial charge is 0.133 e. The summed E-state index contributed by atoms with van der Waals surface area (Å²) in [5.74, 6) is -0.900. The van der Waals surface area contributed by atoms with E-state index in [0.29, 0.717) is 26.0 Å². The first kappa shape index (κ1) is 11.9. The molecule has 1 aromatic rings. The van der Waals surface area contributed by atoms with Crippen molar-refractivity contribution in [1.29, 1.82) is 0 Å². The largest absolute Gasteiger partial charge is 0.494 e. The summed E-state index contributed by atoms with van der Waals surface area (Å²) in [6.45, 7) is 2.57. The van der Waals surface area contributed by atoms with Gasteiger partial charge >= 0.3 is 0 Å². The molecule has 1 aromatic carbocycles. The van der Waals surface area contributed by atoms with Crippen LogP contribution in [0.4, 0.5) is 8.78 Å². The summed E-state index contributed by atoms with van der Waals surface area (Å²) >= 11 is 0. The molecule has 1 rings (SSSR count). The lowest BCUT2D eigenvalue weighted by Crippen LogP contribution is -2.04. The molecule has 0 fully saturated rings. The van der Waals surface area contributed by atoms with Crippen LogP contribution in [0.2, 0.25) is 0 Å². The third-order valence-electron chi connectivity index (χ3n) is 2.06. The van der Waals surface area contributed by atoms with Gasteiger partial charge in [0, 0.05) is 17.7 Å². The van der Waals surface area contributed by atoms with Crippen molar-refractivity contribution < 1.29 is 13.5 Å². The van der Waals surface area contributed by atoms with Crippen molar-refractivity contribution in [2.24, 2.45) is 5.73 Å². The molecule has 0 spiro atoms. The maximum Gasteiger partial charge on any atom is 0.133 e. The minimum atomic E-state index is -0.563. The highest BCUT2D eigenvalue weighted by Gasteiger charge is 2.10. The van der Waals surface area contributed by atoms with Gasteiger partial charge in [-0.1, -0.05) is 0 Å². The first-order valence-corrected chi connectivity index (χ1v) is 4.99. The Morgan fingerprint density at radius 2 is 1.87 bits per heavy atom. The minimum absolute atomic E-state index is 0.0869. The fourth-order valence-corrected chi connectivity index (χ4v) is 1.35. The maximum atomic E-state index is 13.4. The highest BCUT2D eigenvalue weighted by molar-refractivity contribution is 5.30. The molecular formula is C11H15F2NO. The number of nitrogens with two attached hydrogens (primary N) is 1. The molecule has 0 heterocycles. The molecule has 15 heavy (non-hydrogen) atoms. The Balaban J connectivity index is 2.88. The Labute approximate surface area is 88.0 Å². The fraction of sp³-hybridized carbons (Fsp3) is 0.455. The molecular weight excluding hydrogens is 200 g/mol. The molecule has 0 unspecified atom stereocenters. The van der Waals surface area contributed by atoms with Gasteiger partial charge in [-0.05, 0) is 26.3 Å². The van der Waals surface area contributed by atoms with E-state index in [1.165, 1.54) is 12.1 Å². The van der Waals surface area contributed by atoms with E-state index in [9.17, 15) is 8.78 Å². The number of halogens is 2. The van der Waals surface area contributed by atoms with Crippen molar-refractivity contribution in [3.63, 3.8) is 0 Å². The topological polar surface area (TPSA) is 35.2 Å². The number of rotatable bonds is 5. The lowest BCUT2D eigenvalue weighted by Gasteiger charge is -2.08. The molecule has 0 saturated heterocycles. The van der Waals surface area contributed by atoms with E-state index in [2.05, 4.69) is 0 Å². The van der Waals surface area contributed by atoms with Crippen molar-refractivity contribution in [3.8, 4) is 5.75 Å². The monoisotopic (exact) mass is 215 g/mol. The van der Waals surface area contributed by atoms with Crippen LogP contribution in [0.1, 0.15) is 18.9 Å². The molecule has 0 bridgehead atoms. The van der Waals surface area contributed by atoms with Crippen LogP contribution < -0.4 is 10.5 Å². The summed E-state index contributed by atoms with van der Waals surface area (Å²) < 4.78 is 31.8. The van der Waals surface area contributed by atoms with Crippen LogP contribution in [-0.2, 0) is 6.42 Å². The second kappa shape index (κ2) is 5.66. The van der Waals surface area contributed by atoms with Gasteiger partial charge in [-0.2, -0.15) is 0 Å². The Hall–Kier alpha value is -1.16. The number of benzene rings is 1. The highest BCUT2D eigenvalue weighted by atomic mass is 19.1. The summed E-state index contributed by atoms with van der Waals surface area (Å²) in [5.41, 5.74) is 5.37. The van der Waals surface area contributed by atoms with E-state index >= 15 is 0 Å². The van der Waals surface area contributed by atoms with Gasteiger partial charge in [-0.15, -0.1) is 0 Å². The van der Waals surface area contributed by atoms with E-state index < -0.39 is 11.6 Å². The third kappa shape index (κ3) is 3.16. The first-order valence-electron chi connectivity index (χ1n) is 4.99. The zero-order valence-electron chi connectivity index (χ0n) is 8.72. The van der Waals surface area contributed by atoms with Crippen LogP contribution >= 0.6 is 0 Å². The quantitative estimate of drug-likeness (QED) is 0.817. The highest BCUT2D eigenvalue weighted by Crippen LogP contribution is 2.21. The van der Waals surface area contributed by atoms with Crippen molar-refractivity contribution in [1.82, 2.24) is 0 Å². The van der Waals surface area contributed by atoms with E-state index in [4.69, 9.17) is 10.5 Å². The lowest BCUT2D eigenvalue weighted by atomic mass is 10.1. The fourth-order valence-electron chi connectivity index (χ4n) is 1.35. The van der Waals surface area contributed by atoms with Gasteiger partial charge in [0.1, 0.15) is 17.4 Å². The summed E-state index contributed by atoms with van der Waals surface area (Å²) in [6.07, 6.45) is 0.891. The van der Waals surface area contributed by atoms with E-state index in [1.807, 2.05) is 0 Å². The van der Waals surface area contributed by atoms with Crippen LogP contribution in [0.25, 0.3) is 0 Å². The molecule has 84 valence electrons. The lowest BCUT2D eigenvalue weighted by molar-refractivity contribution is 0.335. The molecule has 2 N–H and O–H groups in total. The number of ether oxygens (including phenoxy) is 1. The zero-order valence-corrected chi connectivity index (χ0v) is 8.72. The third-order valence-corrected chi connectivity index (χ3v) is 2.06. The number of hydrogen-bond acceptors (Lipinski definition) is 2. The van der Waals surface area contributed by atoms with E-state index in [0.717, 1.165) is 0 Å². The Morgan fingerprint density at radius 1 is 1.27 bits per heavy atom. The average molecular weight is 215 g/mol. The summed E-state index contributed by atoms with van der Waals surface area (Å²) in [4.78, 5) is 0. The van der Waals surface area contributed by atoms with Gasteiger partial charge in [0.25, 0.3) is 0 Å². The van der Waals surface area contributed by atoms with Crippen molar-refractivity contribution in [2.45, 2.75) is 19.8 Å². The average Bonchev–Trinajstić information content (AvgIpc) is 2.17. The van der Waals surface area contributed by atoms with Crippen molar-refractivity contribution >= 4 is 0 Å². The summed E-state index contributed by atoms with van der Waals surface area (Å²) in [6, 6.07) is 2.41. The molecule has 0 amide bonds. The molecule has 4 heteroatoms. The Kier molecular flexibility index (Phi) is 4.49. The molecule has 0 aliphatic heterocycles. The maximum absolute atomic E-state index is 13.4. The predicted octanol–water partition coefficient (Wildman–Crippen LogP) is 2.25. The Bertz CT molecular complexity index is 305. The number of hydrogen-bond donors (Lipinski definition) is 1. The van der Waals surface area contributed by atoms with Crippen LogP contribution in [-0.4, -0.2) is 13.2 Å². The predicted molar refractivity (Wildman–Crippen MR) is 54.9 cm³/mol. The summed E-state index contributed by atoms with van der Waals surface area (Å²) in [5, 5.41) is 0. The zero-order chi connectivity index (χ0) is 11.3.